The van der Waals surface area contributed by atoms with Crippen LogP contribution in [0.2, 0.25) is 0 Å². The van der Waals surface area contributed by atoms with Crippen LogP contribution < -0.4 is 10.9 Å². The Labute approximate surface area is 179 Å². The number of thiazole rings is 1. The molecule has 2 N–H and O–H groups in total. The zero-order chi connectivity index (χ0) is 20.7. The molecule has 4 aliphatic carbocycles. The molecule has 0 saturated heterocycles. The first kappa shape index (κ1) is 19.7. The van der Waals surface area contributed by atoms with E-state index in [0.717, 1.165) is 17.8 Å². The summed E-state index contributed by atoms with van der Waals surface area (Å²) in [7, 11) is 0. The van der Waals surface area contributed by atoms with Crippen LogP contribution in [0.5, 0.6) is 0 Å². The van der Waals surface area contributed by atoms with E-state index < -0.39 is 0 Å². The number of benzene rings is 1. The normalized spacial score (nSPS) is 29.0. The van der Waals surface area contributed by atoms with Crippen molar-refractivity contribution in [3.05, 3.63) is 41.2 Å². The van der Waals surface area contributed by atoms with Gasteiger partial charge in [0, 0.05) is 17.4 Å². The van der Waals surface area contributed by atoms with Gasteiger partial charge in [0.05, 0.1) is 12.1 Å². The van der Waals surface area contributed by atoms with E-state index in [1.54, 1.807) is 17.5 Å². The third-order valence-electron chi connectivity index (χ3n) is 7.01. The smallest absolute Gasteiger partial charge is 0.244 e. The molecule has 0 radical (unpaired) electrons. The molecule has 158 valence electrons. The zero-order valence-electron chi connectivity index (χ0n) is 16.8. The van der Waals surface area contributed by atoms with E-state index in [9.17, 15) is 14.0 Å². The topological polar surface area (TPSA) is 71.1 Å². The lowest BCUT2D eigenvalue weighted by Crippen LogP contribution is -2.50. The average Bonchev–Trinajstić information content (AvgIpc) is 3.13. The number of amides is 2. The number of aromatic nitrogens is 1. The molecular formula is C23H26FN3O2S. The first-order valence-corrected chi connectivity index (χ1v) is 11.6. The summed E-state index contributed by atoms with van der Waals surface area (Å²) in [6.45, 7) is 0. The van der Waals surface area contributed by atoms with Crippen LogP contribution in [-0.2, 0) is 16.0 Å². The Kier molecular flexibility index (Phi) is 5.09. The van der Waals surface area contributed by atoms with Gasteiger partial charge in [-0.2, -0.15) is 0 Å². The summed E-state index contributed by atoms with van der Waals surface area (Å²) in [5.41, 5.74) is 6.59. The summed E-state index contributed by atoms with van der Waals surface area (Å²) in [6.07, 6.45) is 8.14. The Balaban J connectivity index is 1.12. The zero-order valence-corrected chi connectivity index (χ0v) is 17.6. The molecule has 2 amide bonds. The summed E-state index contributed by atoms with van der Waals surface area (Å²) in [4.78, 5) is 29.2. The van der Waals surface area contributed by atoms with Crippen LogP contribution in [-0.4, -0.2) is 16.8 Å². The van der Waals surface area contributed by atoms with Crippen molar-refractivity contribution >= 4 is 23.2 Å². The van der Waals surface area contributed by atoms with E-state index in [0.29, 0.717) is 22.7 Å². The first-order chi connectivity index (χ1) is 14.5. The molecule has 30 heavy (non-hydrogen) atoms. The fraction of sp³-hybridized carbons (Fsp3) is 0.522. The van der Waals surface area contributed by atoms with E-state index in [-0.39, 0.29) is 29.5 Å². The molecule has 0 spiro atoms. The molecule has 0 aliphatic heterocycles. The maximum absolute atomic E-state index is 13.4. The van der Waals surface area contributed by atoms with Crippen LogP contribution >= 0.6 is 11.3 Å². The first-order valence-electron chi connectivity index (χ1n) is 10.7. The van der Waals surface area contributed by atoms with Crippen molar-refractivity contribution < 1.29 is 14.0 Å². The maximum Gasteiger partial charge on any atom is 0.244 e. The molecule has 1 heterocycles. The van der Waals surface area contributed by atoms with Gasteiger partial charge in [0.25, 0.3) is 0 Å². The Morgan fingerprint density at radius 3 is 2.40 bits per heavy atom. The van der Waals surface area contributed by atoms with Gasteiger partial charge in [0.2, 0.25) is 11.8 Å². The fourth-order valence-electron chi connectivity index (χ4n) is 6.38. The summed E-state index contributed by atoms with van der Waals surface area (Å²) >= 11 is 1.37. The summed E-state index contributed by atoms with van der Waals surface area (Å²) < 4.78 is 13.4. The lowest BCUT2D eigenvalue weighted by Gasteiger charge is -2.56. The van der Waals surface area contributed by atoms with Crippen LogP contribution in [0.4, 0.5) is 4.39 Å². The number of nitrogens with one attached hydrogen (secondary N) is 2. The second kappa shape index (κ2) is 7.76. The van der Waals surface area contributed by atoms with Gasteiger partial charge in [-0.05, 0) is 73.8 Å². The Hall–Kier alpha value is -2.28. The van der Waals surface area contributed by atoms with Crippen LogP contribution in [0.1, 0.15) is 50.6 Å². The highest BCUT2D eigenvalue weighted by molar-refractivity contribution is 7.13. The standard InChI is InChI=1S/C23H26FN3O2S/c24-18-3-1-2-17(7-18)22-25-19(13-30-22)8-20(28)26-27-21(29)12-23-9-14-4-15(10-23)6-16(5-14)11-23/h1-3,7,13-16H,4-6,8-12H2,(H,26,28)(H,27,29). The van der Waals surface area contributed by atoms with Crippen LogP contribution in [0, 0.1) is 29.0 Å². The highest BCUT2D eigenvalue weighted by Crippen LogP contribution is 2.61. The molecule has 0 atom stereocenters. The van der Waals surface area contributed by atoms with E-state index >= 15 is 0 Å². The number of carbonyl (C=O) groups excluding carboxylic acids is 2. The second-order valence-electron chi connectivity index (χ2n) is 9.52. The molecule has 7 heteroatoms. The maximum atomic E-state index is 13.4. The van der Waals surface area contributed by atoms with E-state index in [1.807, 2.05) is 0 Å². The van der Waals surface area contributed by atoms with Gasteiger partial charge in [-0.3, -0.25) is 20.4 Å². The number of halogens is 1. The molecule has 5 nitrogen and oxygen atoms in total. The van der Waals surface area contributed by atoms with Gasteiger partial charge < -0.3 is 0 Å². The summed E-state index contributed by atoms with van der Waals surface area (Å²) in [5.74, 6) is 1.69. The summed E-state index contributed by atoms with van der Waals surface area (Å²) in [6, 6.07) is 6.24. The van der Waals surface area contributed by atoms with Crippen LogP contribution in [0.3, 0.4) is 0 Å². The molecule has 4 bridgehead atoms. The van der Waals surface area contributed by atoms with Gasteiger partial charge in [-0.15, -0.1) is 11.3 Å². The summed E-state index contributed by atoms with van der Waals surface area (Å²) in [5, 5.41) is 2.46. The number of nitrogens with zero attached hydrogens (tertiary/aromatic N) is 1. The SMILES string of the molecule is O=C(Cc1csc(-c2cccc(F)c2)n1)NNC(=O)CC12CC3CC(CC(C3)C1)C2. The highest BCUT2D eigenvalue weighted by Gasteiger charge is 2.51. The fourth-order valence-corrected chi connectivity index (χ4v) is 7.20. The van der Waals surface area contributed by atoms with Crippen molar-refractivity contribution in [2.45, 2.75) is 51.4 Å². The van der Waals surface area contributed by atoms with Gasteiger partial charge >= 0.3 is 0 Å². The molecule has 4 aliphatic rings. The third kappa shape index (κ3) is 4.13. The van der Waals surface area contributed by atoms with Crippen LogP contribution in [0.15, 0.2) is 29.6 Å². The van der Waals surface area contributed by atoms with Crippen molar-refractivity contribution in [1.82, 2.24) is 15.8 Å². The van der Waals surface area contributed by atoms with Crippen molar-refractivity contribution in [3.63, 3.8) is 0 Å². The molecule has 2 aromatic rings. The Morgan fingerprint density at radius 2 is 1.73 bits per heavy atom. The Bertz CT molecular complexity index is 938. The van der Waals surface area contributed by atoms with Crippen LogP contribution in [0.25, 0.3) is 10.6 Å². The molecule has 1 aromatic carbocycles. The van der Waals surface area contributed by atoms with E-state index in [2.05, 4.69) is 15.8 Å². The average molecular weight is 428 g/mol. The van der Waals surface area contributed by atoms with Crippen molar-refractivity contribution in [2.24, 2.45) is 23.2 Å². The Morgan fingerprint density at radius 1 is 1.07 bits per heavy atom. The third-order valence-corrected chi connectivity index (χ3v) is 7.95. The number of hydrazine groups is 1. The number of carbonyl (C=O) groups is 2. The molecular weight excluding hydrogens is 401 g/mol. The van der Waals surface area contributed by atoms with Gasteiger partial charge in [0.1, 0.15) is 10.8 Å². The number of rotatable bonds is 5. The van der Waals surface area contributed by atoms with Crippen molar-refractivity contribution in [2.75, 3.05) is 0 Å². The number of hydrogen-bond acceptors (Lipinski definition) is 4. The lowest BCUT2D eigenvalue weighted by atomic mass is 9.49. The molecule has 4 saturated carbocycles. The predicted octanol–water partition coefficient (Wildman–Crippen LogP) is 4.25. The van der Waals surface area contributed by atoms with Crippen molar-refractivity contribution in [1.29, 1.82) is 0 Å². The minimum Gasteiger partial charge on any atom is -0.273 e. The second-order valence-corrected chi connectivity index (χ2v) is 10.4. The van der Waals surface area contributed by atoms with Crippen molar-refractivity contribution in [3.8, 4) is 10.6 Å². The van der Waals surface area contributed by atoms with Gasteiger partial charge in [-0.25, -0.2) is 9.37 Å². The molecule has 1 aromatic heterocycles. The lowest BCUT2D eigenvalue weighted by molar-refractivity contribution is -0.134. The largest absolute Gasteiger partial charge is 0.273 e. The minimum absolute atomic E-state index is 0.0729. The number of hydrogen-bond donors (Lipinski definition) is 2. The highest BCUT2D eigenvalue weighted by atomic mass is 32.1. The predicted molar refractivity (Wildman–Crippen MR) is 113 cm³/mol. The van der Waals surface area contributed by atoms with Gasteiger partial charge in [-0.1, -0.05) is 12.1 Å². The minimum atomic E-state index is -0.316. The quantitative estimate of drug-likeness (QED) is 0.701. The van der Waals surface area contributed by atoms with Gasteiger partial charge in [0.15, 0.2) is 0 Å². The molecule has 6 rings (SSSR count). The molecule has 0 unspecified atom stereocenters. The van der Waals surface area contributed by atoms with E-state index in [4.69, 9.17) is 0 Å². The van der Waals surface area contributed by atoms with E-state index in [1.165, 1.54) is 62.0 Å². The monoisotopic (exact) mass is 427 g/mol. The molecule has 4 fully saturated rings.